The standard InChI is InChI=1S/C27H37N3O6/c1-18(2)16-30(17-23(31)24(32)29-35)26(34)28-22(25(33)36-27(3,4)5)15-19-11-13-21(14-12-19)20-9-7-6-8-10-20/h6-14,18,22-23,31,35H,15-17H2,1-5H3,(H,28,34)(H,29,32)/t22-,23?/m0/s1. The highest BCUT2D eigenvalue weighted by Gasteiger charge is 2.30. The van der Waals surface area contributed by atoms with Crippen LogP contribution in [0.4, 0.5) is 4.79 Å². The van der Waals surface area contributed by atoms with E-state index in [-0.39, 0.29) is 25.4 Å². The first-order valence-corrected chi connectivity index (χ1v) is 11.9. The van der Waals surface area contributed by atoms with E-state index in [1.54, 1.807) is 20.8 Å². The molecule has 0 bridgehead atoms. The number of ether oxygens (including phenoxy) is 1. The molecule has 3 amide bonds. The number of hydrogen-bond acceptors (Lipinski definition) is 6. The number of carbonyl (C=O) groups is 3. The number of hydroxylamine groups is 1. The van der Waals surface area contributed by atoms with E-state index in [0.29, 0.717) is 0 Å². The van der Waals surface area contributed by atoms with Crippen LogP contribution in [0.3, 0.4) is 0 Å². The lowest BCUT2D eigenvalue weighted by Gasteiger charge is -2.30. The van der Waals surface area contributed by atoms with Gasteiger partial charge in [0.15, 0.2) is 6.10 Å². The highest BCUT2D eigenvalue weighted by molar-refractivity contribution is 5.85. The van der Waals surface area contributed by atoms with Crippen LogP contribution in [0.1, 0.15) is 40.2 Å². The van der Waals surface area contributed by atoms with E-state index in [0.717, 1.165) is 16.7 Å². The van der Waals surface area contributed by atoms with Crippen molar-refractivity contribution < 1.29 is 29.4 Å². The lowest BCUT2D eigenvalue weighted by atomic mass is 10.0. The Morgan fingerprint density at radius 2 is 1.53 bits per heavy atom. The first kappa shape index (κ1) is 28.8. The zero-order valence-electron chi connectivity index (χ0n) is 21.5. The van der Waals surface area contributed by atoms with Gasteiger partial charge in [0.1, 0.15) is 11.6 Å². The number of nitrogens with zero attached hydrogens (tertiary/aromatic N) is 1. The Bertz CT molecular complexity index is 1000. The fourth-order valence-electron chi connectivity index (χ4n) is 3.55. The molecule has 0 aliphatic rings. The maximum Gasteiger partial charge on any atom is 0.329 e. The van der Waals surface area contributed by atoms with Gasteiger partial charge in [0.25, 0.3) is 5.91 Å². The molecule has 36 heavy (non-hydrogen) atoms. The highest BCUT2D eigenvalue weighted by Crippen LogP contribution is 2.20. The van der Waals surface area contributed by atoms with Crippen molar-refractivity contribution >= 4 is 17.9 Å². The number of rotatable bonds is 10. The summed E-state index contributed by atoms with van der Waals surface area (Å²) in [5.74, 6) is -1.61. The van der Waals surface area contributed by atoms with Crippen LogP contribution in [-0.2, 0) is 20.7 Å². The van der Waals surface area contributed by atoms with Crippen LogP contribution < -0.4 is 10.8 Å². The molecule has 2 atom stereocenters. The Balaban J connectivity index is 2.23. The van der Waals surface area contributed by atoms with Crippen LogP contribution in [0.5, 0.6) is 0 Å². The van der Waals surface area contributed by atoms with Gasteiger partial charge in [0.2, 0.25) is 0 Å². The van der Waals surface area contributed by atoms with Gasteiger partial charge in [-0.15, -0.1) is 0 Å². The average molecular weight is 500 g/mol. The van der Waals surface area contributed by atoms with E-state index in [1.807, 2.05) is 68.4 Å². The minimum absolute atomic E-state index is 0.0191. The summed E-state index contributed by atoms with van der Waals surface area (Å²) in [4.78, 5) is 39.0. The van der Waals surface area contributed by atoms with Crippen molar-refractivity contribution in [3.05, 3.63) is 60.2 Å². The summed E-state index contributed by atoms with van der Waals surface area (Å²) in [6, 6.07) is 15.9. The molecule has 0 aliphatic carbocycles. The van der Waals surface area contributed by atoms with E-state index < -0.39 is 35.7 Å². The smallest absolute Gasteiger partial charge is 0.329 e. The fourth-order valence-corrected chi connectivity index (χ4v) is 3.55. The largest absolute Gasteiger partial charge is 0.458 e. The van der Waals surface area contributed by atoms with E-state index in [4.69, 9.17) is 9.94 Å². The minimum atomic E-state index is -1.63. The first-order chi connectivity index (χ1) is 16.9. The molecule has 9 heteroatoms. The summed E-state index contributed by atoms with van der Waals surface area (Å²) >= 11 is 0. The molecule has 0 heterocycles. The molecule has 4 N–H and O–H groups in total. The summed E-state index contributed by atoms with van der Waals surface area (Å²) in [6.45, 7) is 8.84. The van der Waals surface area contributed by atoms with Gasteiger partial charge < -0.3 is 20.1 Å². The first-order valence-electron chi connectivity index (χ1n) is 11.9. The Kier molecular flexibility index (Phi) is 10.4. The van der Waals surface area contributed by atoms with Crippen molar-refractivity contribution in [2.45, 2.75) is 58.8 Å². The number of amides is 3. The average Bonchev–Trinajstić information content (AvgIpc) is 2.82. The number of urea groups is 1. The molecule has 2 rings (SSSR count). The topological polar surface area (TPSA) is 128 Å². The van der Waals surface area contributed by atoms with E-state index in [1.165, 1.54) is 10.4 Å². The van der Waals surface area contributed by atoms with Crippen molar-refractivity contribution in [2.24, 2.45) is 5.92 Å². The van der Waals surface area contributed by atoms with Crippen molar-refractivity contribution in [1.29, 1.82) is 0 Å². The van der Waals surface area contributed by atoms with Crippen molar-refractivity contribution in [3.8, 4) is 11.1 Å². The van der Waals surface area contributed by atoms with E-state index in [2.05, 4.69) is 5.32 Å². The summed E-state index contributed by atoms with van der Waals surface area (Å²) < 4.78 is 5.54. The van der Waals surface area contributed by atoms with Crippen LogP contribution in [0, 0.1) is 5.92 Å². The zero-order chi connectivity index (χ0) is 26.9. The molecular formula is C27H37N3O6. The molecule has 2 aromatic carbocycles. The van der Waals surface area contributed by atoms with Crippen LogP contribution >= 0.6 is 0 Å². The predicted molar refractivity (Wildman–Crippen MR) is 136 cm³/mol. The molecule has 0 saturated heterocycles. The molecule has 196 valence electrons. The summed E-state index contributed by atoms with van der Waals surface area (Å²) in [7, 11) is 0. The van der Waals surface area contributed by atoms with Gasteiger partial charge in [-0.25, -0.2) is 15.1 Å². The molecule has 0 spiro atoms. The third-order valence-corrected chi connectivity index (χ3v) is 5.17. The summed E-state index contributed by atoms with van der Waals surface area (Å²) in [5.41, 5.74) is 3.53. The maximum atomic E-state index is 13.1. The SMILES string of the molecule is CC(C)CN(CC(O)C(=O)NO)C(=O)N[C@@H](Cc1ccc(-c2ccccc2)cc1)C(=O)OC(C)(C)C. The second-order valence-electron chi connectivity index (χ2n) is 10.1. The molecule has 1 unspecified atom stereocenters. The molecule has 0 aromatic heterocycles. The third kappa shape index (κ3) is 9.31. The van der Waals surface area contributed by atoms with Gasteiger partial charge in [-0.05, 0) is 43.4 Å². The number of aliphatic hydroxyl groups is 1. The third-order valence-electron chi connectivity index (χ3n) is 5.17. The van der Waals surface area contributed by atoms with Crippen LogP contribution in [0.15, 0.2) is 54.6 Å². The maximum absolute atomic E-state index is 13.1. The Morgan fingerprint density at radius 1 is 0.944 bits per heavy atom. The van der Waals surface area contributed by atoms with Crippen LogP contribution in [0.25, 0.3) is 11.1 Å². The van der Waals surface area contributed by atoms with Crippen molar-refractivity contribution in [2.75, 3.05) is 13.1 Å². The van der Waals surface area contributed by atoms with Crippen LogP contribution in [0.2, 0.25) is 0 Å². The van der Waals surface area contributed by atoms with E-state index >= 15 is 0 Å². The lowest BCUT2D eigenvalue weighted by Crippen LogP contribution is -2.53. The van der Waals surface area contributed by atoms with Gasteiger partial charge >= 0.3 is 12.0 Å². The molecule has 0 radical (unpaired) electrons. The predicted octanol–water partition coefficient (Wildman–Crippen LogP) is 3.14. The Labute approximate surface area is 212 Å². The zero-order valence-corrected chi connectivity index (χ0v) is 21.5. The molecule has 0 aliphatic heterocycles. The molecule has 0 saturated carbocycles. The highest BCUT2D eigenvalue weighted by atomic mass is 16.6. The number of hydrogen-bond donors (Lipinski definition) is 4. The van der Waals surface area contributed by atoms with Gasteiger partial charge in [-0.1, -0.05) is 68.4 Å². The number of aliphatic hydroxyl groups excluding tert-OH is 1. The minimum Gasteiger partial charge on any atom is -0.458 e. The number of nitrogens with one attached hydrogen (secondary N) is 2. The Morgan fingerprint density at radius 3 is 2.06 bits per heavy atom. The van der Waals surface area contributed by atoms with Gasteiger partial charge in [-0.2, -0.15) is 0 Å². The second-order valence-corrected chi connectivity index (χ2v) is 10.1. The van der Waals surface area contributed by atoms with Crippen LogP contribution in [-0.4, -0.2) is 64.0 Å². The van der Waals surface area contributed by atoms with E-state index in [9.17, 15) is 19.5 Å². The normalized spacial score (nSPS) is 13.0. The number of benzene rings is 2. The van der Waals surface area contributed by atoms with Crippen molar-refractivity contribution in [1.82, 2.24) is 15.7 Å². The molecule has 9 nitrogen and oxygen atoms in total. The quantitative estimate of drug-likeness (QED) is 0.226. The molecule has 2 aromatic rings. The monoisotopic (exact) mass is 499 g/mol. The van der Waals surface area contributed by atoms with Gasteiger partial charge in [0, 0.05) is 13.0 Å². The number of carbonyl (C=O) groups excluding carboxylic acids is 3. The van der Waals surface area contributed by atoms with Crippen molar-refractivity contribution in [3.63, 3.8) is 0 Å². The molecule has 0 fully saturated rings. The summed E-state index contributed by atoms with van der Waals surface area (Å²) in [6.07, 6.45) is -1.45. The van der Waals surface area contributed by atoms with Gasteiger partial charge in [0.05, 0.1) is 6.54 Å². The number of esters is 1. The molecular weight excluding hydrogens is 462 g/mol. The Hall–Kier alpha value is -3.43. The lowest BCUT2D eigenvalue weighted by molar-refractivity contribution is -0.157. The fraction of sp³-hybridized carbons (Fsp3) is 0.444. The second kappa shape index (κ2) is 13.0. The summed E-state index contributed by atoms with van der Waals surface area (Å²) in [5, 5.41) is 21.5. The van der Waals surface area contributed by atoms with Gasteiger partial charge in [-0.3, -0.25) is 10.0 Å².